The number of rotatable bonds is 5. The van der Waals surface area contributed by atoms with Crippen LogP contribution in [-0.2, 0) is 0 Å². The first-order chi connectivity index (χ1) is 8.31. The summed E-state index contributed by atoms with van der Waals surface area (Å²) in [5.41, 5.74) is 9.35. The molecule has 0 amide bonds. The lowest BCUT2D eigenvalue weighted by Gasteiger charge is -2.10. The maximum absolute atomic E-state index is 9.00. The fraction of sp³-hybridized carbons (Fsp3) is 0.273. The summed E-state index contributed by atoms with van der Waals surface area (Å²) in [4.78, 5) is 2.62. The molecule has 6 nitrogen and oxygen atoms in total. The summed E-state index contributed by atoms with van der Waals surface area (Å²) < 4.78 is 0. The van der Waals surface area contributed by atoms with Gasteiger partial charge < -0.3 is 0 Å². The van der Waals surface area contributed by atoms with Gasteiger partial charge in [-0.1, -0.05) is 17.2 Å². The number of hydrogen-bond acceptors (Lipinski definition) is 4. The zero-order valence-electron chi connectivity index (χ0n) is 9.04. The van der Waals surface area contributed by atoms with Crippen LogP contribution in [0.15, 0.2) is 29.4 Å². The average Bonchev–Trinajstić information content (AvgIpc) is 2.39. The standard InChI is InChI=1S/C11H10N6/c12-7-9-2-1-3-10(6-9)11(8-13)15-4-5-16-17-14/h1-3,6,11,15H,4-5H2. The fourth-order valence-electron chi connectivity index (χ4n) is 1.33. The number of azide groups is 1. The van der Waals surface area contributed by atoms with E-state index in [1.807, 2.05) is 6.07 Å². The van der Waals surface area contributed by atoms with Gasteiger partial charge in [0.05, 0.1) is 17.7 Å². The van der Waals surface area contributed by atoms with E-state index in [2.05, 4.69) is 21.4 Å². The fourth-order valence-corrected chi connectivity index (χ4v) is 1.33. The molecule has 0 aliphatic rings. The van der Waals surface area contributed by atoms with Crippen molar-refractivity contribution in [3.8, 4) is 12.1 Å². The Bertz CT molecular complexity index is 503. The molecule has 1 unspecified atom stereocenters. The maximum atomic E-state index is 9.00. The molecule has 0 saturated carbocycles. The highest BCUT2D eigenvalue weighted by Gasteiger charge is 2.09. The van der Waals surface area contributed by atoms with Gasteiger partial charge >= 0.3 is 0 Å². The smallest absolute Gasteiger partial charge is 0.121 e. The third-order valence-corrected chi connectivity index (χ3v) is 2.10. The van der Waals surface area contributed by atoms with Gasteiger partial charge in [-0.05, 0) is 23.2 Å². The second kappa shape index (κ2) is 6.86. The van der Waals surface area contributed by atoms with Crippen molar-refractivity contribution in [2.45, 2.75) is 6.04 Å². The van der Waals surface area contributed by atoms with Crippen molar-refractivity contribution < 1.29 is 0 Å². The highest BCUT2D eigenvalue weighted by molar-refractivity contribution is 5.35. The Kier molecular flexibility index (Phi) is 5.06. The molecule has 1 aromatic rings. The molecule has 0 bridgehead atoms. The van der Waals surface area contributed by atoms with Gasteiger partial charge in [-0.2, -0.15) is 10.5 Å². The van der Waals surface area contributed by atoms with E-state index in [4.69, 9.17) is 16.1 Å². The summed E-state index contributed by atoms with van der Waals surface area (Å²) in [6, 6.07) is 10.4. The normalized spacial score (nSPS) is 10.7. The number of hydrogen-bond donors (Lipinski definition) is 1. The van der Waals surface area contributed by atoms with Gasteiger partial charge in [-0.3, -0.25) is 5.32 Å². The molecule has 84 valence electrons. The summed E-state index contributed by atoms with van der Waals surface area (Å²) in [6.07, 6.45) is 0. The first-order valence-electron chi connectivity index (χ1n) is 4.95. The number of nitrogens with zero attached hydrogens (tertiary/aromatic N) is 5. The number of nitriles is 2. The highest BCUT2D eigenvalue weighted by atomic mass is 15.1. The minimum atomic E-state index is -0.503. The second-order valence-electron chi connectivity index (χ2n) is 3.21. The molecule has 0 heterocycles. The molecule has 6 heteroatoms. The summed E-state index contributed by atoms with van der Waals surface area (Å²) in [5, 5.41) is 24.1. The van der Waals surface area contributed by atoms with Crippen LogP contribution in [0.1, 0.15) is 17.2 Å². The third kappa shape index (κ3) is 3.84. The quantitative estimate of drug-likeness (QED) is 0.359. The highest BCUT2D eigenvalue weighted by Crippen LogP contribution is 2.13. The van der Waals surface area contributed by atoms with E-state index in [1.54, 1.807) is 24.3 Å². The van der Waals surface area contributed by atoms with Crippen LogP contribution in [0.5, 0.6) is 0 Å². The van der Waals surface area contributed by atoms with Gasteiger partial charge in [0.1, 0.15) is 6.04 Å². The molecular weight excluding hydrogens is 216 g/mol. The Labute approximate surface area is 98.7 Å². The van der Waals surface area contributed by atoms with E-state index in [0.29, 0.717) is 12.1 Å². The molecule has 1 aromatic carbocycles. The van der Waals surface area contributed by atoms with E-state index in [1.165, 1.54) is 0 Å². The molecule has 0 radical (unpaired) electrons. The van der Waals surface area contributed by atoms with Crippen LogP contribution >= 0.6 is 0 Å². The van der Waals surface area contributed by atoms with Gasteiger partial charge in [-0.25, -0.2) is 0 Å². The minimum absolute atomic E-state index is 0.284. The summed E-state index contributed by atoms with van der Waals surface area (Å²) in [5.74, 6) is 0. The second-order valence-corrected chi connectivity index (χ2v) is 3.21. The van der Waals surface area contributed by atoms with Gasteiger partial charge in [0.25, 0.3) is 0 Å². The Morgan fingerprint density at radius 1 is 1.47 bits per heavy atom. The molecule has 0 aromatic heterocycles. The Balaban J connectivity index is 2.70. The Morgan fingerprint density at radius 2 is 2.29 bits per heavy atom. The molecule has 0 fully saturated rings. The van der Waals surface area contributed by atoms with Crippen molar-refractivity contribution in [3.63, 3.8) is 0 Å². The molecule has 1 rings (SSSR count). The van der Waals surface area contributed by atoms with Gasteiger partial charge in [0.15, 0.2) is 0 Å². The van der Waals surface area contributed by atoms with Crippen LogP contribution in [-0.4, -0.2) is 13.1 Å². The molecule has 0 aliphatic carbocycles. The van der Waals surface area contributed by atoms with Crippen molar-refractivity contribution in [2.24, 2.45) is 5.11 Å². The first kappa shape index (κ1) is 12.5. The monoisotopic (exact) mass is 226 g/mol. The lowest BCUT2D eigenvalue weighted by atomic mass is 10.1. The van der Waals surface area contributed by atoms with E-state index >= 15 is 0 Å². The lowest BCUT2D eigenvalue weighted by Crippen LogP contribution is -2.22. The minimum Gasteiger partial charge on any atom is -0.298 e. The van der Waals surface area contributed by atoms with Crippen LogP contribution in [0.2, 0.25) is 0 Å². The first-order valence-corrected chi connectivity index (χ1v) is 4.95. The maximum Gasteiger partial charge on any atom is 0.121 e. The van der Waals surface area contributed by atoms with E-state index < -0.39 is 6.04 Å². The van der Waals surface area contributed by atoms with Gasteiger partial charge in [0, 0.05) is 18.0 Å². The topological polar surface area (TPSA) is 108 Å². The van der Waals surface area contributed by atoms with Gasteiger partial charge in [0.2, 0.25) is 0 Å². The molecule has 17 heavy (non-hydrogen) atoms. The molecule has 1 atom stereocenters. The van der Waals surface area contributed by atoms with Gasteiger partial charge in [-0.15, -0.1) is 0 Å². The van der Waals surface area contributed by atoms with Crippen LogP contribution in [0.25, 0.3) is 10.4 Å². The molecule has 0 aliphatic heterocycles. The summed E-state index contributed by atoms with van der Waals surface area (Å²) in [6.45, 7) is 0.700. The van der Waals surface area contributed by atoms with Crippen molar-refractivity contribution in [1.29, 1.82) is 10.5 Å². The van der Waals surface area contributed by atoms with Crippen LogP contribution in [0, 0.1) is 22.7 Å². The molecule has 0 spiro atoms. The molecular formula is C11H10N6. The van der Waals surface area contributed by atoms with Crippen molar-refractivity contribution in [3.05, 3.63) is 45.8 Å². The van der Waals surface area contributed by atoms with E-state index in [-0.39, 0.29) is 6.54 Å². The predicted octanol–water partition coefficient (Wildman–Crippen LogP) is 2.02. The van der Waals surface area contributed by atoms with Crippen molar-refractivity contribution in [1.82, 2.24) is 5.32 Å². The summed E-state index contributed by atoms with van der Waals surface area (Å²) in [7, 11) is 0. The SMILES string of the molecule is N#Cc1cccc(C(C#N)NCCN=[N+]=[N-])c1. The van der Waals surface area contributed by atoms with Crippen LogP contribution in [0.3, 0.4) is 0 Å². The Hall–Kier alpha value is -2.53. The number of benzene rings is 1. The zero-order valence-corrected chi connectivity index (χ0v) is 9.04. The van der Waals surface area contributed by atoms with Crippen LogP contribution < -0.4 is 5.32 Å². The van der Waals surface area contributed by atoms with Crippen molar-refractivity contribution >= 4 is 0 Å². The lowest BCUT2D eigenvalue weighted by molar-refractivity contribution is 0.635. The summed E-state index contributed by atoms with van der Waals surface area (Å²) >= 11 is 0. The largest absolute Gasteiger partial charge is 0.298 e. The van der Waals surface area contributed by atoms with Crippen LogP contribution in [0.4, 0.5) is 0 Å². The average molecular weight is 226 g/mol. The number of nitrogens with one attached hydrogen (secondary N) is 1. The third-order valence-electron chi connectivity index (χ3n) is 2.10. The molecule has 1 N–H and O–H groups in total. The van der Waals surface area contributed by atoms with Crippen molar-refractivity contribution in [2.75, 3.05) is 13.1 Å². The molecule has 0 saturated heterocycles. The van der Waals surface area contributed by atoms with E-state index in [9.17, 15) is 0 Å². The predicted molar refractivity (Wildman–Crippen MR) is 61.5 cm³/mol. The zero-order chi connectivity index (χ0) is 12.5. The Morgan fingerprint density at radius 3 is 2.94 bits per heavy atom. The van der Waals surface area contributed by atoms with E-state index in [0.717, 1.165) is 5.56 Å².